The van der Waals surface area contributed by atoms with Gasteiger partial charge in [0, 0.05) is 31.5 Å². The molecular formula is C13H19NO3. The van der Waals surface area contributed by atoms with Gasteiger partial charge in [0.2, 0.25) is 0 Å². The molecule has 1 rings (SSSR count). The van der Waals surface area contributed by atoms with Crippen molar-refractivity contribution in [2.24, 2.45) is 0 Å². The summed E-state index contributed by atoms with van der Waals surface area (Å²) in [4.78, 5) is 34.9. The fourth-order valence-corrected chi connectivity index (χ4v) is 1.82. The molecule has 1 aliphatic rings. The molecule has 0 saturated carbocycles. The van der Waals surface area contributed by atoms with Crippen molar-refractivity contribution >= 4 is 17.6 Å². The van der Waals surface area contributed by atoms with Crippen LogP contribution in [0.2, 0.25) is 0 Å². The molecule has 0 fully saturated rings. The van der Waals surface area contributed by atoms with Crippen molar-refractivity contribution < 1.29 is 14.4 Å². The summed E-state index contributed by atoms with van der Waals surface area (Å²) in [5.41, 5.74) is 0. The molecule has 0 N–H and O–H groups in total. The molecule has 4 heteroatoms. The molecule has 2 amide bonds. The summed E-state index contributed by atoms with van der Waals surface area (Å²) in [6, 6.07) is 0. The van der Waals surface area contributed by atoms with Crippen LogP contribution in [0.15, 0.2) is 12.2 Å². The van der Waals surface area contributed by atoms with Crippen molar-refractivity contribution in [3.63, 3.8) is 0 Å². The fraction of sp³-hybridized carbons (Fsp3) is 0.615. The fourth-order valence-electron chi connectivity index (χ4n) is 1.82. The van der Waals surface area contributed by atoms with E-state index < -0.39 is 0 Å². The summed E-state index contributed by atoms with van der Waals surface area (Å²) in [5.74, 6) is -0.142. The molecule has 0 bridgehead atoms. The molecule has 1 aliphatic heterocycles. The maximum Gasteiger partial charge on any atom is 0.253 e. The molecule has 4 nitrogen and oxygen atoms in total. The Hall–Kier alpha value is -1.45. The number of amides is 2. The van der Waals surface area contributed by atoms with Crippen LogP contribution in [0.5, 0.6) is 0 Å². The zero-order valence-corrected chi connectivity index (χ0v) is 10.3. The van der Waals surface area contributed by atoms with Crippen molar-refractivity contribution in [2.75, 3.05) is 6.54 Å². The maximum atomic E-state index is 11.2. The highest BCUT2D eigenvalue weighted by molar-refractivity contribution is 6.12. The van der Waals surface area contributed by atoms with Gasteiger partial charge in [-0.2, -0.15) is 0 Å². The highest BCUT2D eigenvalue weighted by Gasteiger charge is 2.22. The van der Waals surface area contributed by atoms with Crippen molar-refractivity contribution in [3.8, 4) is 0 Å². The van der Waals surface area contributed by atoms with Crippen LogP contribution in [-0.4, -0.2) is 29.0 Å². The highest BCUT2D eigenvalue weighted by atomic mass is 16.2. The Labute approximate surface area is 102 Å². The largest absolute Gasteiger partial charge is 0.300 e. The zero-order valence-electron chi connectivity index (χ0n) is 10.3. The lowest BCUT2D eigenvalue weighted by Gasteiger charge is -2.12. The first-order valence-corrected chi connectivity index (χ1v) is 6.20. The summed E-state index contributed by atoms with van der Waals surface area (Å²) in [5, 5.41) is 0. The average molecular weight is 237 g/mol. The van der Waals surface area contributed by atoms with Crippen molar-refractivity contribution in [2.45, 2.75) is 45.4 Å². The summed E-state index contributed by atoms with van der Waals surface area (Å²) in [6.45, 7) is 2.46. The van der Waals surface area contributed by atoms with E-state index in [0.717, 1.165) is 25.7 Å². The number of carbonyl (C=O) groups is 3. The van der Waals surface area contributed by atoms with Gasteiger partial charge in [-0.3, -0.25) is 19.3 Å². The maximum absolute atomic E-state index is 11.2. The molecule has 0 spiro atoms. The predicted octanol–water partition coefficient (Wildman–Crippen LogP) is 1.84. The number of rotatable bonds is 8. The summed E-state index contributed by atoms with van der Waals surface area (Å²) < 4.78 is 0. The number of Topliss-reactive ketones (excluding diaryl/α,β-unsaturated/α-hetero) is 1. The number of unbranched alkanes of at least 4 members (excludes halogenated alkanes) is 2. The van der Waals surface area contributed by atoms with Crippen LogP contribution in [0, 0.1) is 0 Å². The monoisotopic (exact) mass is 237 g/mol. The van der Waals surface area contributed by atoms with E-state index in [1.807, 2.05) is 6.92 Å². The topological polar surface area (TPSA) is 54.5 Å². The molecule has 1 heterocycles. The van der Waals surface area contributed by atoms with E-state index in [9.17, 15) is 14.4 Å². The van der Waals surface area contributed by atoms with Gasteiger partial charge >= 0.3 is 0 Å². The summed E-state index contributed by atoms with van der Waals surface area (Å²) in [6.07, 6.45) is 7.29. The van der Waals surface area contributed by atoms with Crippen LogP contribution >= 0.6 is 0 Å². The standard InChI is InChI=1S/C13H19NO3/c1-2-6-11(15)7-4-3-5-10-14-12(16)8-9-13(14)17/h8-9H,2-7,10H2,1H3. The Kier molecular flexibility index (Phi) is 5.60. The van der Waals surface area contributed by atoms with E-state index in [4.69, 9.17) is 0 Å². The Morgan fingerprint density at radius 1 is 1.06 bits per heavy atom. The molecule has 0 saturated heterocycles. The molecule has 0 aromatic carbocycles. The second-order valence-corrected chi connectivity index (χ2v) is 4.26. The third-order valence-corrected chi connectivity index (χ3v) is 2.77. The van der Waals surface area contributed by atoms with Crippen LogP contribution < -0.4 is 0 Å². The Morgan fingerprint density at radius 3 is 2.29 bits per heavy atom. The molecule has 0 unspecified atom stereocenters. The molecule has 17 heavy (non-hydrogen) atoms. The van der Waals surface area contributed by atoms with E-state index in [0.29, 0.717) is 25.2 Å². The number of hydrogen-bond donors (Lipinski definition) is 0. The van der Waals surface area contributed by atoms with Crippen LogP contribution in [-0.2, 0) is 14.4 Å². The lowest BCUT2D eigenvalue weighted by molar-refractivity contribution is -0.136. The number of carbonyl (C=O) groups excluding carboxylic acids is 3. The number of ketones is 1. The average Bonchev–Trinajstić information content (AvgIpc) is 2.60. The SMILES string of the molecule is CCCC(=O)CCCCCN1C(=O)C=CC1=O. The van der Waals surface area contributed by atoms with Gasteiger partial charge < -0.3 is 0 Å². The molecule has 0 aromatic heterocycles. The summed E-state index contributed by atoms with van der Waals surface area (Å²) >= 11 is 0. The first-order chi connectivity index (χ1) is 8.15. The van der Waals surface area contributed by atoms with Crippen LogP contribution in [0.1, 0.15) is 45.4 Å². The Morgan fingerprint density at radius 2 is 1.71 bits per heavy atom. The van der Waals surface area contributed by atoms with Crippen molar-refractivity contribution in [1.29, 1.82) is 0 Å². The Balaban J connectivity index is 2.07. The van der Waals surface area contributed by atoms with E-state index in [1.165, 1.54) is 17.1 Å². The van der Waals surface area contributed by atoms with Gasteiger partial charge in [-0.25, -0.2) is 0 Å². The van der Waals surface area contributed by atoms with Crippen molar-refractivity contribution in [3.05, 3.63) is 12.2 Å². The minimum Gasteiger partial charge on any atom is -0.300 e. The molecule has 0 aromatic rings. The molecule has 0 aliphatic carbocycles. The third kappa shape index (κ3) is 4.51. The first-order valence-electron chi connectivity index (χ1n) is 6.20. The van der Waals surface area contributed by atoms with E-state index in [2.05, 4.69) is 0 Å². The molecule has 94 valence electrons. The second-order valence-electron chi connectivity index (χ2n) is 4.26. The van der Waals surface area contributed by atoms with Gasteiger partial charge in [-0.05, 0) is 19.3 Å². The quantitative estimate of drug-likeness (QED) is 0.478. The third-order valence-electron chi connectivity index (χ3n) is 2.77. The molecule has 0 atom stereocenters. The molecular weight excluding hydrogens is 218 g/mol. The zero-order chi connectivity index (χ0) is 12.7. The number of nitrogens with zero attached hydrogens (tertiary/aromatic N) is 1. The highest BCUT2D eigenvalue weighted by Crippen LogP contribution is 2.08. The van der Waals surface area contributed by atoms with Gasteiger partial charge in [0.25, 0.3) is 11.8 Å². The Bertz CT molecular complexity index is 316. The molecule has 0 radical (unpaired) electrons. The summed E-state index contributed by atoms with van der Waals surface area (Å²) in [7, 11) is 0. The second kappa shape index (κ2) is 6.99. The lowest BCUT2D eigenvalue weighted by Crippen LogP contribution is -2.30. The van der Waals surface area contributed by atoms with Gasteiger partial charge in [-0.1, -0.05) is 13.3 Å². The van der Waals surface area contributed by atoms with E-state index in [1.54, 1.807) is 0 Å². The van der Waals surface area contributed by atoms with Gasteiger partial charge in [-0.15, -0.1) is 0 Å². The van der Waals surface area contributed by atoms with Gasteiger partial charge in [0.1, 0.15) is 5.78 Å². The van der Waals surface area contributed by atoms with Crippen molar-refractivity contribution in [1.82, 2.24) is 4.90 Å². The minimum absolute atomic E-state index is 0.225. The van der Waals surface area contributed by atoms with Gasteiger partial charge in [0.05, 0.1) is 0 Å². The first kappa shape index (κ1) is 13.6. The lowest BCUT2D eigenvalue weighted by atomic mass is 10.1. The minimum atomic E-state index is -0.225. The van der Waals surface area contributed by atoms with Crippen LogP contribution in [0.25, 0.3) is 0 Å². The normalized spacial score (nSPS) is 14.8. The van der Waals surface area contributed by atoms with E-state index >= 15 is 0 Å². The number of hydrogen-bond acceptors (Lipinski definition) is 3. The van der Waals surface area contributed by atoms with E-state index in [-0.39, 0.29) is 11.8 Å². The van der Waals surface area contributed by atoms with Crippen LogP contribution in [0.3, 0.4) is 0 Å². The predicted molar refractivity (Wildman–Crippen MR) is 64.2 cm³/mol. The van der Waals surface area contributed by atoms with Crippen LogP contribution in [0.4, 0.5) is 0 Å². The van der Waals surface area contributed by atoms with Gasteiger partial charge in [0.15, 0.2) is 0 Å². The smallest absolute Gasteiger partial charge is 0.253 e. The number of imide groups is 1.